The van der Waals surface area contributed by atoms with Crippen LogP contribution in [0.5, 0.6) is 0 Å². The van der Waals surface area contributed by atoms with Gasteiger partial charge in [0.25, 0.3) is 0 Å². The molecule has 0 radical (unpaired) electrons. The lowest BCUT2D eigenvalue weighted by Crippen LogP contribution is -1.85. The van der Waals surface area contributed by atoms with Crippen LogP contribution in [0.25, 0.3) is 12.2 Å². The van der Waals surface area contributed by atoms with Gasteiger partial charge in [0.15, 0.2) is 0 Å². The van der Waals surface area contributed by atoms with Crippen molar-refractivity contribution in [2.24, 2.45) is 0 Å². The van der Waals surface area contributed by atoms with Crippen LogP contribution in [0.15, 0.2) is 48.6 Å². The summed E-state index contributed by atoms with van der Waals surface area (Å²) in [5.41, 5.74) is 2.25. The molecule has 0 saturated heterocycles. The molecular weight excluding hydrogens is 518 g/mol. The molecule has 2 aromatic carbocycles. The number of unbranched alkanes of at least 4 members (excludes halogenated alkanes) is 16. The van der Waals surface area contributed by atoms with E-state index in [9.17, 15) is 8.78 Å². The number of allylic oxidation sites excluding steroid dienone is 2. The van der Waals surface area contributed by atoms with Crippen LogP contribution < -0.4 is 0 Å². The Hall–Kier alpha value is -3.10. The molecular formula is C40H52F2. The second-order valence-electron chi connectivity index (χ2n) is 11.3. The summed E-state index contributed by atoms with van der Waals surface area (Å²) in [4.78, 5) is 0. The van der Waals surface area contributed by atoms with E-state index in [1.54, 1.807) is 12.1 Å². The van der Waals surface area contributed by atoms with E-state index in [1.165, 1.54) is 115 Å². The lowest BCUT2D eigenvalue weighted by Gasteiger charge is -2.00. The average Bonchev–Trinajstić information content (AvgIpc) is 2.99. The Kier molecular flexibility index (Phi) is 19.6. The Morgan fingerprint density at radius 3 is 1.21 bits per heavy atom. The standard InChI is InChI=1S/C40H52F2/c1-3-5-7-9-11-13-15-17-19-21-25-35-29-31-37(39(41)33-35)27-23-24-28-38-32-30-36(34-40(38)42)26-22-20-18-16-14-12-10-8-6-4-2/h21-22,25-26,29-34H,3-20H2,1-2H3/b25-21+,26-22+. The molecule has 0 saturated carbocycles. The topological polar surface area (TPSA) is 0 Å². The second kappa shape index (κ2) is 23.5. The first-order valence-corrected chi connectivity index (χ1v) is 16.6. The summed E-state index contributed by atoms with van der Waals surface area (Å²) in [6.45, 7) is 4.49. The molecule has 0 unspecified atom stereocenters. The fraction of sp³-hybridized carbons (Fsp3) is 0.500. The van der Waals surface area contributed by atoms with Crippen molar-refractivity contribution in [1.29, 1.82) is 0 Å². The molecule has 0 heterocycles. The Morgan fingerprint density at radius 1 is 0.500 bits per heavy atom. The predicted octanol–water partition coefficient (Wildman–Crippen LogP) is 12.5. The van der Waals surface area contributed by atoms with E-state index >= 15 is 0 Å². The molecule has 0 aliphatic carbocycles. The minimum Gasteiger partial charge on any atom is -0.206 e. The van der Waals surface area contributed by atoms with Crippen molar-refractivity contribution < 1.29 is 8.78 Å². The summed E-state index contributed by atoms with van der Waals surface area (Å²) < 4.78 is 29.0. The highest BCUT2D eigenvalue weighted by Crippen LogP contribution is 2.15. The largest absolute Gasteiger partial charge is 0.206 e. The maximum Gasteiger partial charge on any atom is 0.139 e. The van der Waals surface area contributed by atoms with Gasteiger partial charge in [-0.05, 0) is 84.8 Å². The van der Waals surface area contributed by atoms with Crippen LogP contribution in [-0.4, -0.2) is 0 Å². The summed E-state index contributed by atoms with van der Waals surface area (Å²) in [5.74, 6) is 10.1. The third-order valence-corrected chi connectivity index (χ3v) is 7.51. The van der Waals surface area contributed by atoms with Crippen molar-refractivity contribution in [3.63, 3.8) is 0 Å². The zero-order valence-corrected chi connectivity index (χ0v) is 26.3. The third kappa shape index (κ3) is 16.4. The van der Waals surface area contributed by atoms with E-state index in [0.29, 0.717) is 11.1 Å². The Bertz CT molecular complexity index is 1100. The molecule has 0 N–H and O–H groups in total. The van der Waals surface area contributed by atoms with E-state index in [2.05, 4.69) is 49.7 Å². The molecule has 0 atom stereocenters. The molecule has 2 rings (SSSR count). The first kappa shape index (κ1) is 35.1. The van der Waals surface area contributed by atoms with Gasteiger partial charge in [-0.2, -0.15) is 0 Å². The molecule has 2 aromatic rings. The maximum atomic E-state index is 14.5. The van der Waals surface area contributed by atoms with Gasteiger partial charge in [-0.15, -0.1) is 0 Å². The molecule has 0 spiro atoms. The predicted molar refractivity (Wildman–Crippen MR) is 179 cm³/mol. The Labute approximate surface area is 256 Å². The van der Waals surface area contributed by atoms with Gasteiger partial charge in [0.2, 0.25) is 0 Å². The molecule has 2 heteroatoms. The van der Waals surface area contributed by atoms with Gasteiger partial charge >= 0.3 is 0 Å². The molecule has 0 aliphatic rings. The van der Waals surface area contributed by atoms with Gasteiger partial charge in [0.1, 0.15) is 11.6 Å². The lowest BCUT2D eigenvalue weighted by molar-refractivity contribution is 0.578. The van der Waals surface area contributed by atoms with Gasteiger partial charge in [-0.1, -0.05) is 140 Å². The van der Waals surface area contributed by atoms with Gasteiger partial charge in [-0.3, -0.25) is 0 Å². The Balaban J connectivity index is 1.73. The summed E-state index contributed by atoms with van der Waals surface area (Å²) in [6.07, 6.45) is 31.1. The quantitative estimate of drug-likeness (QED) is 0.110. The molecule has 226 valence electrons. The second-order valence-corrected chi connectivity index (χ2v) is 11.3. The zero-order chi connectivity index (χ0) is 30.1. The number of benzene rings is 2. The molecule has 0 nitrogen and oxygen atoms in total. The average molecular weight is 571 g/mol. The molecule has 0 aromatic heterocycles. The van der Waals surface area contributed by atoms with Crippen molar-refractivity contribution in [2.75, 3.05) is 0 Å². The van der Waals surface area contributed by atoms with Crippen LogP contribution in [0.2, 0.25) is 0 Å². The molecule has 42 heavy (non-hydrogen) atoms. The van der Waals surface area contributed by atoms with E-state index in [1.807, 2.05) is 24.3 Å². The van der Waals surface area contributed by atoms with Crippen molar-refractivity contribution >= 4 is 12.2 Å². The number of hydrogen-bond acceptors (Lipinski definition) is 0. The van der Waals surface area contributed by atoms with Crippen LogP contribution in [-0.2, 0) is 0 Å². The van der Waals surface area contributed by atoms with E-state index in [-0.39, 0.29) is 11.6 Å². The third-order valence-electron chi connectivity index (χ3n) is 7.51. The van der Waals surface area contributed by atoms with Crippen molar-refractivity contribution in [3.05, 3.63) is 82.4 Å². The first-order valence-electron chi connectivity index (χ1n) is 16.6. The zero-order valence-electron chi connectivity index (χ0n) is 26.3. The summed E-state index contributed by atoms with van der Waals surface area (Å²) in [6, 6.07) is 10.1. The van der Waals surface area contributed by atoms with E-state index in [0.717, 1.165) is 24.0 Å². The molecule has 0 aliphatic heterocycles. The highest BCUT2D eigenvalue weighted by atomic mass is 19.1. The van der Waals surface area contributed by atoms with E-state index in [4.69, 9.17) is 0 Å². The van der Waals surface area contributed by atoms with Crippen molar-refractivity contribution in [1.82, 2.24) is 0 Å². The van der Waals surface area contributed by atoms with Crippen molar-refractivity contribution in [2.45, 2.75) is 129 Å². The summed E-state index contributed by atoms with van der Waals surface area (Å²) >= 11 is 0. The molecule has 0 fully saturated rings. The SMILES string of the molecule is CCCCCCCCCC/C=C/c1ccc(C#CC#Cc2ccc(/C=C/CCCCCCCCCC)cc2F)c(F)c1. The summed E-state index contributed by atoms with van der Waals surface area (Å²) in [5, 5.41) is 0. The van der Waals surface area contributed by atoms with E-state index < -0.39 is 0 Å². The normalized spacial score (nSPS) is 11.0. The van der Waals surface area contributed by atoms with Gasteiger partial charge in [0.05, 0.1) is 11.1 Å². The molecule has 0 amide bonds. The van der Waals surface area contributed by atoms with Crippen LogP contribution in [0, 0.1) is 35.3 Å². The monoisotopic (exact) mass is 570 g/mol. The highest BCUT2D eigenvalue weighted by molar-refractivity contribution is 5.54. The van der Waals surface area contributed by atoms with Crippen LogP contribution in [0.3, 0.4) is 0 Å². The number of rotatable bonds is 20. The molecule has 0 bridgehead atoms. The Morgan fingerprint density at radius 2 is 0.857 bits per heavy atom. The summed E-state index contributed by atoms with van der Waals surface area (Å²) in [7, 11) is 0. The van der Waals surface area contributed by atoms with Crippen LogP contribution >= 0.6 is 0 Å². The smallest absolute Gasteiger partial charge is 0.139 e. The lowest BCUT2D eigenvalue weighted by atomic mass is 10.1. The highest BCUT2D eigenvalue weighted by Gasteiger charge is 2.01. The van der Waals surface area contributed by atoms with Crippen LogP contribution in [0.1, 0.15) is 152 Å². The number of halogens is 2. The fourth-order valence-electron chi connectivity index (χ4n) is 4.90. The minimum atomic E-state index is -0.368. The van der Waals surface area contributed by atoms with Gasteiger partial charge in [0, 0.05) is 0 Å². The number of hydrogen-bond donors (Lipinski definition) is 0. The fourth-order valence-corrected chi connectivity index (χ4v) is 4.90. The van der Waals surface area contributed by atoms with Gasteiger partial charge in [-0.25, -0.2) is 8.78 Å². The van der Waals surface area contributed by atoms with Crippen LogP contribution in [0.4, 0.5) is 8.78 Å². The van der Waals surface area contributed by atoms with Gasteiger partial charge < -0.3 is 0 Å². The van der Waals surface area contributed by atoms with Crippen molar-refractivity contribution in [3.8, 4) is 23.7 Å². The minimum absolute atomic E-state index is 0.293. The first-order chi connectivity index (χ1) is 20.6. The maximum absolute atomic E-state index is 14.5.